The lowest BCUT2D eigenvalue weighted by Gasteiger charge is -2.29. The van der Waals surface area contributed by atoms with E-state index in [0.717, 1.165) is 92.4 Å². The first-order valence-electron chi connectivity index (χ1n) is 26.3. The molecule has 72 heavy (non-hydrogen) atoms. The Kier molecular flexibility index (Phi) is 18.0. The monoisotopic (exact) mass is 991 g/mol. The maximum atomic E-state index is 13.6. The highest BCUT2D eigenvalue weighted by molar-refractivity contribution is 5.74. The van der Waals surface area contributed by atoms with Gasteiger partial charge < -0.3 is 50.3 Å². The smallest absolute Gasteiger partial charge is 0.317 e. The van der Waals surface area contributed by atoms with E-state index in [-0.39, 0.29) is 97.8 Å². The van der Waals surface area contributed by atoms with Crippen molar-refractivity contribution in [1.82, 2.24) is 20.4 Å². The summed E-state index contributed by atoms with van der Waals surface area (Å²) in [7, 11) is 0. The molecular formula is C60H86N4O8. The van der Waals surface area contributed by atoms with E-state index in [1.54, 1.807) is 9.80 Å². The fourth-order valence-electron chi connectivity index (χ4n) is 9.62. The summed E-state index contributed by atoms with van der Waals surface area (Å²) in [5.41, 5.74) is 9.61. The van der Waals surface area contributed by atoms with Crippen LogP contribution in [0.15, 0.2) is 48.5 Å². The van der Waals surface area contributed by atoms with Gasteiger partial charge in [-0.3, -0.25) is 0 Å². The molecule has 0 atom stereocenters. The van der Waals surface area contributed by atoms with Crippen molar-refractivity contribution in [2.45, 2.75) is 156 Å². The third kappa shape index (κ3) is 14.2. The normalized spacial score (nSPS) is 16.5. The first kappa shape index (κ1) is 55.8. The Bertz CT molecular complexity index is 2270. The molecule has 394 valence electrons. The summed E-state index contributed by atoms with van der Waals surface area (Å²) in [6.07, 6.45) is 4.52. The topological polar surface area (TPSA) is 164 Å². The van der Waals surface area contributed by atoms with Crippen LogP contribution in [0, 0.1) is 0 Å². The number of amides is 4. The van der Waals surface area contributed by atoms with Crippen LogP contribution in [-0.2, 0) is 47.3 Å². The number of phenolic OH excluding ortho intramolecular Hbond substituents is 2. The molecule has 0 aromatic heterocycles. The zero-order valence-electron chi connectivity index (χ0n) is 45.7. The summed E-state index contributed by atoms with van der Waals surface area (Å²) >= 11 is 0. The average Bonchev–Trinajstić information content (AvgIpc) is 3.28. The van der Waals surface area contributed by atoms with Crippen LogP contribution < -0.4 is 20.1 Å². The third-order valence-electron chi connectivity index (χ3n) is 14.2. The van der Waals surface area contributed by atoms with Crippen molar-refractivity contribution < 1.29 is 39.5 Å². The molecule has 6 N–H and O–H groups in total. The minimum absolute atomic E-state index is 0.128. The fourth-order valence-corrected chi connectivity index (χ4v) is 9.62. The van der Waals surface area contributed by atoms with Gasteiger partial charge in [-0.25, -0.2) is 9.59 Å². The number of nitrogens with one attached hydrogen (secondary N) is 2. The highest BCUT2D eigenvalue weighted by Gasteiger charge is 2.29. The zero-order valence-corrected chi connectivity index (χ0v) is 45.7. The van der Waals surface area contributed by atoms with Gasteiger partial charge in [0.05, 0.1) is 26.3 Å². The molecule has 12 heteroatoms. The molecule has 1 aliphatic heterocycles. The van der Waals surface area contributed by atoms with Gasteiger partial charge in [0.2, 0.25) is 0 Å². The highest BCUT2D eigenvalue weighted by Crippen LogP contribution is 2.44. The molecule has 0 radical (unpaired) electrons. The Morgan fingerprint density at radius 2 is 0.708 bits per heavy atom. The van der Waals surface area contributed by atoms with Gasteiger partial charge in [-0.1, -0.05) is 144 Å². The summed E-state index contributed by atoms with van der Waals surface area (Å²) in [5, 5.41) is 51.7. The molecule has 10 bridgehead atoms. The number of carbonyl (C=O) groups excluding carboxylic acids is 2. The molecular weight excluding hydrogens is 905 g/mol. The van der Waals surface area contributed by atoms with E-state index >= 15 is 0 Å². The Morgan fingerprint density at radius 3 is 0.958 bits per heavy atom. The average molecular weight is 991 g/mol. The van der Waals surface area contributed by atoms with Crippen molar-refractivity contribution in [3.8, 4) is 23.0 Å². The molecule has 12 nitrogen and oxygen atoms in total. The zero-order chi connectivity index (χ0) is 52.8. The van der Waals surface area contributed by atoms with Crippen molar-refractivity contribution in [1.29, 1.82) is 0 Å². The van der Waals surface area contributed by atoms with Crippen molar-refractivity contribution >= 4 is 12.1 Å². The minimum Gasteiger partial charge on any atom is -0.507 e. The molecule has 0 spiro atoms. The van der Waals surface area contributed by atoms with E-state index < -0.39 is 0 Å². The Balaban J connectivity index is 1.67. The van der Waals surface area contributed by atoms with Gasteiger partial charge in [-0.2, -0.15) is 0 Å². The molecule has 0 saturated carbocycles. The number of fused-ring (bicyclic) bond motifs is 2. The largest absolute Gasteiger partial charge is 0.507 e. The van der Waals surface area contributed by atoms with Crippen LogP contribution in [0.4, 0.5) is 9.59 Å². The lowest BCUT2D eigenvalue weighted by atomic mass is 9.79. The van der Waals surface area contributed by atoms with Gasteiger partial charge in [0.25, 0.3) is 0 Å². The number of nitrogens with zero attached hydrogens (tertiary/aromatic N) is 2. The van der Waals surface area contributed by atoms with Crippen LogP contribution >= 0.6 is 0 Å². The fraction of sp³-hybridized carbons (Fsp3) is 0.567. The second-order valence-electron chi connectivity index (χ2n) is 24.2. The summed E-state index contributed by atoms with van der Waals surface area (Å²) < 4.78 is 13.9. The molecule has 2 aliphatic rings. The molecule has 4 aromatic rings. The number of aliphatic hydroxyl groups is 2. The van der Waals surface area contributed by atoms with Gasteiger partial charge in [-0.15, -0.1) is 0 Å². The number of rotatable bonds is 4. The number of urea groups is 2. The lowest BCUT2D eigenvalue weighted by Crippen LogP contribution is -2.44. The first-order chi connectivity index (χ1) is 33.8. The summed E-state index contributed by atoms with van der Waals surface area (Å²) in [4.78, 5) is 30.4. The van der Waals surface area contributed by atoms with Crippen molar-refractivity contribution in [3.63, 3.8) is 0 Å². The number of β-amino-alcohol motifs (C(OH)–C–C–N with tert-alkyl or cyclic N) is 2. The van der Waals surface area contributed by atoms with Gasteiger partial charge in [0.1, 0.15) is 36.2 Å². The number of benzene rings is 4. The van der Waals surface area contributed by atoms with Gasteiger partial charge in [0, 0.05) is 51.9 Å². The molecule has 0 unspecified atom stereocenters. The van der Waals surface area contributed by atoms with Crippen LogP contribution in [0.2, 0.25) is 0 Å². The van der Waals surface area contributed by atoms with E-state index in [2.05, 4.69) is 142 Å². The Morgan fingerprint density at radius 1 is 0.444 bits per heavy atom. The van der Waals surface area contributed by atoms with Crippen molar-refractivity contribution in [2.75, 3.05) is 65.7 Å². The molecule has 0 fully saturated rings. The van der Waals surface area contributed by atoms with Gasteiger partial charge in [-0.05, 0) is 101 Å². The van der Waals surface area contributed by atoms with Crippen LogP contribution in [0.1, 0.15) is 176 Å². The molecule has 6 rings (SSSR count). The van der Waals surface area contributed by atoms with E-state index in [1.807, 2.05) is 0 Å². The van der Waals surface area contributed by atoms with Crippen LogP contribution in [0.5, 0.6) is 23.0 Å². The van der Waals surface area contributed by atoms with Crippen molar-refractivity contribution in [3.05, 3.63) is 115 Å². The van der Waals surface area contributed by atoms with E-state index in [1.165, 1.54) is 0 Å². The highest BCUT2D eigenvalue weighted by atomic mass is 16.5. The second kappa shape index (κ2) is 23.2. The van der Waals surface area contributed by atoms with Crippen LogP contribution in [0.25, 0.3) is 0 Å². The SMILES string of the molecule is CC(C)(C)c1cc2c(O)c(c1)Cc1cc(C(C)(C)C)cc3c1OCCN(CCO)C(=O)NCCCCCCNC(=O)N(CCO)CCOc1c(cc(C(C)(C)C)cc1Cc1cc(C(C)(C)C)cc(c1O)C3)C2. The number of ether oxygens (including phenoxy) is 2. The van der Waals surface area contributed by atoms with Crippen LogP contribution in [-0.4, -0.2) is 108 Å². The maximum Gasteiger partial charge on any atom is 0.317 e. The minimum atomic E-state index is -0.286. The standard InChI is InChI=1S/C60H86N4O8/c1-57(2,3)47-31-39-27-43-35-49(59(7,8)9)37-45-29-41-33-48(58(4,5)6)34-42(52(41)68)30-46-38-50(60(10,11)12)36-44(28-40(32-47)51(39)67)54(46)72-26-22-64(20-24-66)56(70)62-18-16-14-13-15-17-61-55(69)63(19-23-65)21-25-71-53(43)45/h31-38,65-68H,13-30H2,1-12H3,(H,61,69)(H,62,70). The predicted molar refractivity (Wildman–Crippen MR) is 289 cm³/mol. The Labute approximate surface area is 430 Å². The number of aromatic hydroxyl groups is 2. The first-order valence-corrected chi connectivity index (χ1v) is 26.3. The molecule has 0 saturated heterocycles. The molecule has 4 amide bonds. The molecule has 1 aliphatic carbocycles. The summed E-state index contributed by atoms with van der Waals surface area (Å²) in [5.74, 6) is 1.65. The lowest BCUT2D eigenvalue weighted by molar-refractivity contribution is 0.162. The van der Waals surface area contributed by atoms with E-state index in [0.29, 0.717) is 50.3 Å². The molecule has 1 heterocycles. The van der Waals surface area contributed by atoms with E-state index in [4.69, 9.17) is 9.47 Å². The third-order valence-corrected chi connectivity index (χ3v) is 14.2. The van der Waals surface area contributed by atoms with Crippen LogP contribution in [0.3, 0.4) is 0 Å². The van der Waals surface area contributed by atoms with E-state index in [9.17, 15) is 30.0 Å². The summed E-state index contributed by atoms with van der Waals surface area (Å²) in [6.45, 7) is 27.6. The summed E-state index contributed by atoms with van der Waals surface area (Å²) in [6, 6.07) is 16.6. The quantitative estimate of drug-likeness (QED) is 0.104. The van der Waals surface area contributed by atoms with Crippen molar-refractivity contribution in [2.24, 2.45) is 0 Å². The molecule has 4 aromatic carbocycles. The number of phenols is 2. The van der Waals surface area contributed by atoms with Gasteiger partial charge in [0.15, 0.2) is 0 Å². The number of hydrogen-bond donors (Lipinski definition) is 6. The number of aliphatic hydroxyl groups excluding tert-OH is 2. The number of hydrogen-bond acceptors (Lipinski definition) is 8. The second-order valence-corrected chi connectivity index (χ2v) is 24.2. The maximum absolute atomic E-state index is 13.6. The number of carbonyl (C=O) groups is 2. The van der Waals surface area contributed by atoms with Gasteiger partial charge >= 0.3 is 12.1 Å². The Hall–Kier alpha value is -5.46. The predicted octanol–water partition coefficient (Wildman–Crippen LogP) is 10.3.